The normalized spacial score (nSPS) is 22.1. The van der Waals surface area contributed by atoms with Crippen LogP contribution in [-0.4, -0.2) is 50.3 Å². The van der Waals surface area contributed by atoms with Crippen molar-refractivity contribution in [3.8, 4) is 17.2 Å². The first-order valence-corrected chi connectivity index (χ1v) is 8.80. The molecule has 2 aliphatic heterocycles. The molecule has 7 heteroatoms. The predicted molar refractivity (Wildman–Crippen MR) is 93.6 cm³/mol. The van der Waals surface area contributed by atoms with E-state index in [4.69, 9.17) is 23.5 Å². The Hall–Kier alpha value is -2.25. The molecule has 26 heavy (non-hydrogen) atoms. The van der Waals surface area contributed by atoms with Gasteiger partial charge in [-0.3, -0.25) is 4.90 Å². The maximum absolute atomic E-state index is 5.72. The third-order valence-corrected chi connectivity index (χ3v) is 5.02. The number of fused-ring (bicyclic) bond motifs is 1. The first-order chi connectivity index (χ1) is 12.7. The van der Waals surface area contributed by atoms with Crippen molar-refractivity contribution in [2.75, 3.05) is 34.1 Å². The van der Waals surface area contributed by atoms with Crippen molar-refractivity contribution in [2.24, 2.45) is 5.92 Å². The molecule has 1 aromatic heterocycles. The molecule has 2 aromatic rings. The third kappa shape index (κ3) is 3.37. The van der Waals surface area contributed by atoms with Crippen LogP contribution in [0.2, 0.25) is 0 Å². The lowest BCUT2D eigenvalue weighted by atomic mass is 10.0. The summed E-state index contributed by atoms with van der Waals surface area (Å²) in [4.78, 5) is 2.39. The second-order valence-corrected chi connectivity index (χ2v) is 6.90. The van der Waals surface area contributed by atoms with E-state index in [1.54, 1.807) is 14.2 Å². The van der Waals surface area contributed by atoms with Crippen LogP contribution < -0.4 is 14.2 Å². The lowest BCUT2D eigenvalue weighted by molar-refractivity contribution is 0.0761. The van der Waals surface area contributed by atoms with Crippen molar-refractivity contribution in [1.29, 1.82) is 0 Å². The van der Waals surface area contributed by atoms with Crippen molar-refractivity contribution in [2.45, 2.75) is 26.0 Å². The largest absolute Gasteiger partial charge is 0.493 e. The topological polar surface area (TPSA) is 66.2 Å². The molecule has 0 aliphatic carbocycles. The fourth-order valence-corrected chi connectivity index (χ4v) is 3.82. The van der Waals surface area contributed by atoms with E-state index in [-0.39, 0.29) is 12.9 Å². The highest BCUT2D eigenvalue weighted by Crippen LogP contribution is 2.42. The van der Waals surface area contributed by atoms with Gasteiger partial charge in [0.2, 0.25) is 12.5 Å². The Morgan fingerprint density at radius 3 is 2.81 bits per heavy atom. The Balaban J connectivity index is 1.45. The summed E-state index contributed by atoms with van der Waals surface area (Å²) in [5.41, 5.74) is 2.05. The van der Waals surface area contributed by atoms with Crippen LogP contribution in [0.5, 0.6) is 17.2 Å². The molecule has 0 unspecified atom stereocenters. The molecule has 7 nitrogen and oxygen atoms in total. The summed E-state index contributed by atoms with van der Waals surface area (Å²) in [5, 5.41) is 3.98. The number of ether oxygens (including phenoxy) is 4. The summed E-state index contributed by atoms with van der Waals surface area (Å²) < 4.78 is 27.5. The Morgan fingerprint density at radius 1 is 1.19 bits per heavy atom. The van der Waals surface area contributed by atoms with Crippen LogP contribution in [-0.2, 0) is 17.7 Å². The van der Waals surface area contributed by atoms with Crippen LogP contribution in [0.1, 0.15) is 17.0 Å². The molecule has 0 spiro atoms. The number of hydrogen-bond donors (Lipinski definition) is 0. The summed E-state index contributed by atoms with van der Waals surface area (Å²) in [6.07, 6.45) is 1.01. The Labute approximate surface area is 152 Å². The highest BCUT2D eigenvalue weighted by molar-refractivity contribution is 5.55. The molecule has 4 rings (SSSR count). The van der Waals surface area contributed by atoms with Gasteiger partial charge in [0.05, 0.1) is 18.9 Å². The minimum atomic E-state index is 0.177. The quantitative estimate of drug-likeness (QED) is 0.784. The van der Waals surface area contributed by atoms with Crippen LogP contribution in [0.15, 0.2) is 22.7 Å². The van der Waals surface area contributed by atoms with Crippen LogP contribution in [0.25, 0.3) is 0 Å². The molecular weight excluding hydrogens is 336 g/mol. The number of methoxy groups -OCH3 is 2. The summed E-state index contributed by atoms with van der Waals surface area (Å²) >= 11 is 0. The molecule has 2 atom stereocenters. The Kier molecular flexibility index (Phi) is 4.74. The average molecular weight is 360 g/mol. The maximum Gasteiger partial charge on any atom is 0.231 e. The lowest BCUT2D eigenvalue weighted by Gasteiger charge is -2.16. The molecule has 1 fully saturated rings. The summed E-state index contributed by atoms with van der Waals surface area (Å²) in [6.45, 7) is 4.80. The van der Waals surface area contributed by atoms with E-state index in [9.17, 15) is 0 Å². The molecule has 2 aliphatic rings. The van der Waals surface area contributed by atoms with E-state index in [2.05, 4.69) is 10.1 Å². The van der Waals surface area contributed by atoms with Gasteiger partial charge in [0.1, 0.15) is 5.76 Å². The zero-order valence-electron chi connectivity index (χ0n) is 15.4. The fourth-order valence-electron chi connectivity index (χ4n) is 3.82. The standard InChI is InChI=1S/C19H24N2O5/c1-12-4-15(26-20-12)7-14-9-21(10-18(14)23-3)8-13-5-16(22-2)19-17(6-13)24-11-25-19/h4-6,14,18H,7-11H2,1-3H3/t14-,18+/m1/s1. The number of likely N-dealkylation sites (tertiary alicyclic amines) is 1. The van der Waals surface area contributed by atoms with Crippen molar-refractivity contribution in [1.82, 2.24) is 10.1 Å². The van der Waals surface area contributed by atoms with Crippen molar-refractivity contribution in [3.63, 3.8) is 0 Å². The third-order valence-electron chi connectivity index (χ3n) is 5.02. The molecular formula is C19H24N2O5. The van der Waals surface area contributed by atoms with Gasteiger partial charge in [0.25, 0.3) is 0 Å². The van der Waals surface area contributed by atoms with Gasteiger partial charge < -0.3 is 23.5 Å². The van der Waals surface area contributed by atoms with Gasteiger partial charge >= 0.3 is 0 Å². The van der Waals surface area contributed by atoms with Crippen molar-refractivity contribution in [3.05, 3.63) is 35.2 Å². The molecule has 0 amide bonds. The monoisotopic (exact) mass is 360 g/mol. The van der Waals surface area contributed by atoms with E-state index in [0.717, 1.165) is 48.8 Å². The highest BCUT2D eigenvalue weighted by Gasteiger charge is 2.34. The van der Waals surface area contributed by atoms with Gasteiger partial charge in [-0.25, -0.2) is 0 Å². The van der Waals surface area contributed by atoms with Crippen molar-refractivity contribution < 1.29 is 23.5 Å². The van der Waals surface area contributed by atoms with Crippen molar-refractivity contribution >= 4 is 0 Å². The molecule has 0 N–H and O–H groups in total. The number of rotatable bonds is 6. The molecule has 1 aromatic carbocycles. The number of hydrogen-bond acceptors (Lipinski definition) is 7. The molecule has 3 heterocycles. The second kappa shape index (κ2) is 7.17. The summed E-state index contributed by atoms with van der Waals surface area (Å²) in [6, 6.07) is 6.04. The highest BCUT2D eigenvalue weighted by atomic mass is 16.7. The number of nitrogens with zero attached hydrogens (tertiary/aromatic N) is 2. The summed E-state index contributed by atoms with van der Waals surface area (Å²) in [5.74, 6) is 3.44. The van der Waals surface area contributed by atoms with E-state index in [0.29, 0.717) is 17.4 Å². The maximum atomic E-state index is 5.72. The SMILES string of the molecule is COc1cc(CN2C[C@@H](Cc3cc(C)no3)[C@@H](OC)C2)cc2c1OCO2. The minimum Gasteiger partial charge on any atom is -0.493 e. The fraction of sp³-hybridized carbons (Fsp3) is 0.526. The van der Waals surface area contributed by atoms with Gasteiger partial charge in [-0.2, -0.15) is 0 Å². The van der Waals surface area contributed by atoms with Gasteiger partial charge in [0, 0.05) is 45.1 Å². The van der Waals surface area contributed by atoms with E-state index >= 15 is 0 Å². The minimum absolute atomic E-state index is 0.177. The van der Waals surface area contributed by atoms with Gasteiger partial charge in [0.15, 0.2) is 11.5 Å². The Morgan fingerprint density at radius 2 is 2.08 bits per heavy atom. The molecule has 1 saturated heterocycles. The smallest absolute Gasteiger partial charge is 0.231 e. The van der Waals surface area contributed by atoms with E-state index in [1.165, 1.54) is 0 Å². The molecule has 0 saturated carbocycles. The van der Waals surface area contributed by atoms with Crippen LogP contribution in [0.3, 0.4) is 0 Å². The van der Waals surface area contributed by atoms with Crippen LogP contribution in [0.4, 0.5) is 0 Å². The zero-order valence-corrected chi connectivity index (χ0v) is 15.4. The predicted octanol–water partition coefficient (Wildman–Crippen LogP) is 2.41. The second-order valence-electron chi connectivity index (χ2n) is 6.90. The van der Waals surface area contributed by atoms with Gasteiger partial charge in [-0.05, 0) is 24.6 Å². The Bertz CT molecular complexity index is 775. The number of aromatic nitrogens is 1. The average Bonchev–Trinajstić information content (AvgIpc) is 3.34. The zero-order chi connectivity index (χ0) is 18.1. The van der Waals surface area contributed by atoms with E-state index in [1.807, 2.05) is 25.1 Å². The number of benzene rings is 1. The molecule has 140 valence electrons. The molecule has 0 radical (unpaired) electrons. The number of aryl methyl sites for hydroxylation is 1. The summed E-state index contributed by atoms with van der Waals surface area (Å²) in [7, 11) is 3.42. The van der Waals surface area contributed by atoms with Gasteiger partial charge in [-0.1, -0.05) is 5.16 Å². The molecule has 0 bridgehead atoms. The van der Waals surface area contributed by atoms with E-state index < -0.39 is 0 Å². The van der Waals surface area contributed by atoms with Crippen LogP contribution in [0, 0.1) is 12.8 Å². The first-order valence-electron chi connectivity index (χ1n) is 8.80. The van der Waals surface area contributed by atoms with Gasteiger partial charge in [-0.15, -0.1) is 0 Å². The first kappa shape index (κ1) is 17.2. The van der Waals surface area contributed by atoms with Crippen LogP contribution >= 0.6 is 0 Å². The lowest BCUT2D eigenvalue weighted by Crippen LogP contribution is -2.23.